The van der Waals surface area contributed by atoms with E-state index in [0.29, 0.717) is 12.1 Å². The fraction of sp³-hybridized carbons (Fsp3) is 0.0667. The molecule has 1 N–H and O–H groups in total. The number of carbonyl (C=O) groups is 2. The minimum atomic E-state index is -1.20. The molecule has 0 radical (unpaired) electrons. The second kappa shape index (κ2) is 7.22. The van der Waals surface area contributed by atoms with Crippen molar-refractivity contribution in [1.82, 2.24) is 0 Å². The van der Waals surface area contributed by atoms with Crippen molar-refractivity contribution in [2.24, 2.45) is 0 Å². The molecule has 0 aliphatic carbocycles. The molecule has 4 nitrogen and oxygen atoms in total. The highest BCUT2D eigenvalue weighted by Gasteiger charge is 2.18. The highest BCUT2D eigenvalue weighted by molar-refractivity contribution is 14.1. The van der Waals surface area contributed by atoms with Crippen molar-refractivity contribution in [2.75, 3.05) is 12.4 Å². The second-order valence-corrected chi connectivity index (χ2v) is 6.03. The van der Waals surface area contributed by atoms with E-state index in [9.17, 15) is 18.4 Å². The third kappa shape index (κ3) is 3.97. The summed E-state index contributed by atoms with van der Waals surface area (Å²) in [6, 6.07) is 6.09. The van der Waals surface area contributed by atoms with Gasteiger partial charge in [0.2, 0.25) is 0 Å². The van der Waals surface area contributed by atoms with E-state index in [0.717, 1.165) is 3.57 Å². The van der Waals surface area contributed by atoms with E-state index in [4.69, 9.17) is 11.6 Å². The Morgan fingerprint density at radius 3 is 2.43 bits per heavy atom. The van der Waals surface area contributed by atoms with Crippen LogP contribution < -0.4 is 5.32 Å². The van der Waals surface area contributed by atoms with Crippen LogP contribution in [0.4, 0.5) is 14.5 Å². The molecule has 120 valence electrons. The van der Waals surface area contributed by atoms with Gasteiger partial charge in [-0.1, -0.05) is 11.6 Å². The van der Waals surface area contributed by atoms with Gasteiger partial charge in [0.15, 0.2) is 11.6 Å². The molecule has 0 saturated carbocycles. The number of anilines is 1. The van der Waals surface area contributed by atoms with Crippen LogP contribution in [0.15, 0.2) is 30.3 Å². The predicted molar refractivity (Wildman–Crippen MR) is 89.8 cm³/mol. The summed E-state index contributed by atoms with van der Waals surface area (Å²) >= 11 is 7.75. The van der Waals surface area contributed by atoms with Crippen molar-refractivity contribution in [3.8, 4) is 0 Å². The van der Waals surface area contributed by atoms with Crippen LogP contribution >= 0.6 is 34.2 Å². The van der Waals surface area contributed by atoms with E-state index in [-0.39, 0.29) is 21.8 Å². The van der Waals surface area contributed by atoms with Gasteiger partial charge in [0.1, 0.15) is 0 Å². The summed E-state index contributed by atoms with van der Waals surface area (Å²) in [5.41, 5.74) is 0.0504. The molecule has 2 rings (SSSR count). The molecule has 0 aliphatic heterocycles. The molecular formula is C15H9ClF2INO3. The molecule has 8 heteroatoms. The fourth-order valence-corrected chi connectivity index (χ4v) is 2.52. The number of rotatable bonds is 3. The molecule has 2 aromatic carbocycles. The lowest BCUT2D eigenvalue weighted by atomic mass is 10.1. The lowest BCUT2D eigenvalue weighted by molar-refractivity contribution is 0.0602. The van der Waals surface area contributed by atoms with E-state index >= 15 is 0 Å². The zero-order valence-electron chi connectivity index (χ0n) is 11.6. The maximum absolute atomic E-state index is 13.3. The number of methoxy groups -OCH3 is 1. The zero-order valence-corrected chi connectivity index (χ0v) is 14.5. The van der Waals surface area contributed by atoms with E-state index in [1.54, 1.807) is 6.07 Å². The Kier molecular flexibility index (Phi) is 5.53. The van der Waals surface area contributed by atoms with Crippen LogP contribution in [0.3, 0.4) is 0 Å². The lowest BCUT2D eigenvalue weighted by Crippen LogP contribution is -2.16. The van der Waals surface area contributed by atoms with Gasteiger partial charge in [0, 0.05) is 3.57 Å². The highest BCUT2D eigenvalue weighted by Crippen LogP contribution is 2.24. The van der Waals surface area contributed by atoms with E-state index < -0.39 is 23.5 Å². The van der Waals surface area contributed by atoms with Gasteiger partial charge in [-0.15, -0.1) is 0 Å². The van der Waals surface area contributed by atoms with E-state index in [2.05, 4.69) is 10.1 Å². The van der Waals surface area contributed by atoms with Crippen LogP contribution in [-0.2, 0) is 4.74 Å². The van der Waals surface area contributed by atoms with Gasteiger partial charge >= 0.3 is 5.97 Å². The molecule has 0 aliphatic rings. The topological polar surface area (TPSA) is 55.4 Å². The minimum Gasteiger partial charge on any atom is -0.465 e. The number of hydrogen-bond acceptors (Lipinski definition) is 3. The first-order valence-electron chi connectivity index (χ1n) is 6.17. The number of carbonyl (C=O) groups excluding carboxylic acids is 2. The first-order valence-corrected chi connectivity index (χ1v) is 7.63. The molecule has 0 bridgehead atoms. The number of hydrogen-bond donors (Lipinski definition) is 1. The quantitative estimate of drug-likeness (QED) is 0.431. The van der Waals surface area contributed by atoms with Gasteiger partial charge in [-0.25, -0.2) is 13.6 Å². The first-order chi connectivity index (χ1) is 10.8. The van der Waals surface area contributed by atoms with Crippen LogP contribution in [-0.4, -0.2) is 19.0 Å². The zero-order chi connectivity index (χ0) is 17.1. The van der Waals surface area contributed by atoms with Gasteiger partial charge < -0.3 is 10.1 Å². The van der Waals surface area contributed by atoms with Crippen LogP contribution in [0.1, 0.15) is 20.7 Å². The SMILES string of the molecule is COC(=O)c1cc(I)ccc1NC(=O)c1cc(F)c(F)cc1Cl. The third-order valence-corrected chi connectivity index (χ3v) is 3.87. The lowest BCUT2D eigenvalue weighted by Gasteiger charge is -2.11. The van der Waals surface area contributed by atoms with Crippen molar-refractivity contribution in [1.29, 1.82) is 0 Å². The monoisotopic (exact) mass is 451 g/mol. The summed E-state index contributed by atoms with van der Waals surface area (Å²) in [6.07, 6.45) is 0. The number of ether oxygens (including phenoxy) is 1. The Morgan fingerprint density at radius 2 is 1.78 bits per heavy atom. The molecule has 0 aromatic heterocycles. The molecule has 0 saturated heterocycles. The normalized spacial score (nSPS) is 10.3. The second-order valence-electron chi connectivity index (χ2n) is 4.38. The third-order valence-electron chi connectivity index (χ3n) is 2.89. The van der Waals surface area contributed by atoms with Gasteiger partial charge in [-0.3, -0.25) is 4.79 Å². The van der Waals surface area contributed by atoms with Crippen molar-refractivity contribution in [3.05, 3.63) is 61.7 Å². The van der Waals surface area contributed by atoms with E-state index in [1.807, 2.05) is 22.6 Å². The number of esters is 1. The Labute approximate surface area is 148 Å². The van der Waals surface area contributed by atoms with E-state index in [1.165, 1.54) is 19.2 Å². The molecule has 0 spiro atoms. The van der Waals surface area contributed by atoms with Crippen LogP contribution in [0.2, 0.25) is 5.02 Å². The van der Waals surface area contributed by atoms with Gasteiger partial charge in [-0.05, 0) is 52.9 Å². The van der Waals surface area contributed by atoms with Gasteiger partial charge in [0.25, 0.3) is 5.91 Å². The van der Waals surface area contributed by atoms with Gasteiger partial charge in [0.05, 0.1) is 28.9 Å². The van der Waals surface area contributed by atoms with Crippen molar-refractivity contribution in [2.45, 2.75) is 0 Å². The minimum absolute atomic E-state index is 0.131. The average Bonchev–Trinajstić information content (AvgIpc) is 2.51. The summed E-state index contributed by atoms with van der Waals surface area (Å²) in [5, 5.41) is 2.20. The Bertz CT molecular complexity index is 799. The summed E-state index contributed by atoms with van der Waals surface area (Å²) in [6.45, 7) is 0. The fourth-order valence-electron chi connectivity index (χ4n) is 1.79. The summed E-state index contributed by atoms with van der Waals surface area (Å²) in [7, 11) is 1.21. The van der Waals surface area contributed by atoms with Crippen LogP contribution in [0.25, 0.3) is 0 Å². The molecule has 2 aromatic rings. The van der Waals surface area contributed by atoms with Crippen molar-refractivity contribution in [3.63, 3.8) is 0 Å². The molecule has 0 atom stereocenters. The number of amides is 1. The standard InChI is InChI=1S/C15H9ClF2INO3/c1-23-15(22)9-4-7(19)2-3-13(9)20-14(21)8-5-11(17)12(18)6-10(8)16/h2-6H,1H3,(H,20,21). The Balaban J connectivity index is 2.38. The smallest absolute Gasteiger partial charge is 0.340 e. The molecule has 0 unspecified atom stereocenters. The number of halogens is 4. The largest absolute Gasteiger partial charge is 0.465 e. The number of benzene rings is 2. The average molecular weight is 452 g/mol. The maximum Gasteiger partial charge on any atom is 0.340 e. The maximum atomic E-state index is 13.3. The molecule has 0 fully saturated rings. The summed E-state index contributed by atoms with van der Waals surface area (Å²) in [5.74, 6) is -3.78. The highest BCUT2D eigenvalue weighted by atomic mass is 127. The molecule has 23 heavy (non-hydrogen) atoms. The van der Waals surface area contributed by atoms with Crippen molar-refractivity contribution >= 4 is 51.8 Å². The van der Waals surface area contributed by atoms with Crippen molar-refractivity contribution < 1.29 is 23.1 Å². The van der Waals surface area contributed by atoms with Crippen LogP contribution in [0.5, 0.6) is 0 Å². The summed E-state index contributed by atoms with van der Waals surface area (Å²) in [4.78, 5) is 24.0. The molecule has 0 heterocycles. The number of nitrogens with one attached hydrogen (secondary N) is 1. The van der Waals surface area contributed by atoms with Gasteiger partial charge in [-0.2, -0.15) is 0 Å². The van der Waals surface area contributed by atoms with Crippen LogP contribution in [0, 0.1) is 15.2 Å². The Hall–Kier alpha value is -1.74. The molecular weight excluding hydrogens is 443 g/mol. The predicted octanol–water partition coefficient (Wildman–Crippen LogP) is 4.26. The summed E-state index contributed by atoms with van der Waals surface area (Å²) < 4.78 is 31.7. The molecule has 1 amide bonds. The Morgan fingerprint density at radius 1 is 1.13 bits per heavy atom. The first kappa shape index (κ1) is 17.6.